The van der Waals surface area contributed by atoms with E-state index in [2.05, 4.69) is 10.2 Å². The number of aromatic nitrogens is 2. The predicted molar refractivity (Wildman–Crippen MR) is 58.9 cm³/mol. The fourth-order valence-electron chi connectivity index (χ4n) is 1.26. The van der Waals surface area contributed by atoms with E-state index in [1.807, 2.05) is 6.92 Å². The Morgan fingerprint density at radius 1 is 1.40 bits per heavy atom. The summed E-state index contributed by atoms with van der Waals surface area (Å²) in [4.78, 5) is 0. The maximum atomic E-state index is 13.5. The van der Waals surface area contributed by atoms with Gasteiger partial charge in [0.1, 0.15) is 15.8 Å². The van der Waals surface area contributed by atoms with Crippen molar-refractivity contribution >= 4 is 22.9 Å². The molecule has 5 heteroatoms. The predicted octanol–water partition coefficient (Wildman–Crippen LogP) is 3.23. The van der Waals surface area contributed by atoms with Gasteiger partial charge in [0.15, 0.2) is 0 Å². The molecule has 0 saturated carbocycles. The minimum atomic E-state index is -0.369. The van der Waals surface area contributed by atoms with Crippen LogP contribution in [0.25, 0.3) is 0 Å². The molecule has 15 heavy (non-hydrogen) atoms. The van der Waals surface area contributed by atoms with E-state index in [1.54, 1.807) is 12.1 Å². The lowest BCUT2D eigenvalue weighted by Gasteiger charge is -2.00. The Kier molecular flexibility index (Phi) is 2.98. The van der Waals surface area contributed by atoms with Gasteiger partial charge in [0.05, 0.1) is 5.02 Å². The molecule has 0 saturated heterocycles. The molecule has 0 aliphatic heterocycles. The first-order valence-corrected chi connectivity index (χ1v) is 5.58. The van der Waals surface area contributed by atoms with E-state index in [4.69, 9.17) is 11.6 Å². The van der Waals surface area contributed by atoms with Gasteiger partial charge in [0.2, 0.25) is 0 Å². The number of nitrogens with zero attached hydrogens (tertiary/aromatic N) is 2. The number of hydrogen-bond acceptors (Lipinski definition) is 3. The second-order valence-corrected chi connectivity index (χ2v) is 4.78. The highest BCUT2D eigenvalue weighted by Gasteiger charge is 2.09. The van der Waals surface area contributed by atoms with Crippen LogP contribution in [0, 0.1) is 12.7 Å². The summed E-state index contributed by atoms with van der Waals surface area (Å²) in [5.41, 5.74) is 0.554. The van der Waals surface area contributed by atoms with Gasteiger partial charge in [-0.3, -0.25) is 0 Å². The Hall–Kier alpha value is -1.00. The van der Waals surface area contributed by atoms with Gasteiger partial charge in [-0.05, 0) is 18.6 Å². The molecule has 0 aliphatic carbocycles. The minimum Gasteiger partial charge on any atom is -0.205 e. The first-order chi connectivity index (χ1) is 7.16. The van der Waals surface area contributed by atoms with Crippen molar-refractivity contribution in [3.05, 3.63) is 44.6 Å². The maximum Gasteiger partial charge on any atom is 0.145 e. The van der Waals surface area contributed by atoms with Crippen LogP contribution in [0.3, 0.4) is 0 Å². The normalized spacial score (nSPS) is 10.6. The summed E-state index contributed by atoms with van der Waals surface area (Å²) in [6.07, 6.45) is 0.442. The molecular formula is C10H8ClFN2S. The second-order valence-electron chi connectivity index (χ2n) is 3.10. The van der Waals surface area contributed by atoms with Crippen LogP contribution in [-0.2, 0) is 6.42 Å². The summed E-state index contributed by atoms with van der Waals surface area (Å²) >= 11 is 7.14. The first-order valence-electron chi connectivity index (χ1n) is 4.38. The Bertz CT molecular complexity index is 484. The van der Waals surface area contributed by atoms with Gasteiger partial charge in [-0.25, -0.2) is 4.39 Å². The lowest BCUT2D eigenvalue weighted by Crippen LogP contribution is -1.92. The Morgan fingerprint density at radius 2 is 2.20 bits per heavy atom. The first kappa shape index (κ1) is 10.5. The molecule has 0 unspecified atom stereocenters. The highest BCUT2D eigenvalue weighted by molar-refractivity contribution is 7.11. The molecule has 0 fully saturated rings. The van der Waals surface area contributed by atoms with Crippen molar-refractivity contribution in [1.82, 2.24) is 10.2 Å². The summed E-state index contributed by atoms with van der Waals surface area (Å²) < 4.78 is 13.5. The molecule has 2 rings (SSSR count). The molecule has 0 radical (unpaired) electrons. The van der Waals surface area contributed by atoms with Crippen molar-refractivity contribution in [2.45, 2.75) is 13.3 Å². The van der Waals surface area contributed by atoms with Gasteiger partial charge in [0.25, 0.3) is 0 Å². The average molecular weight is 243 g/mol. The second kappa shape index (κ2) is 4.24. The zero-order chi connectivity index (χ0) is 10.8. The Balaban J connectivity index is 2.28. The van der Waals surface area contributed by atoms with E-state index in [0.717, 1.165) is 10.0 Å². The molecule has 2 nitrogen and oxygen atoms in total. The summed E-state index contributed by atoms with van der Waals surface area (Å²) in [6.45, 7) is 1.87. The van der Waals surface area contributed by atoms with E-state index < -0.39 is 0 Å². The summed E-state index contributed by atoms with van der Waals surface area (Å²) in [5, 5.41) is 9.65. The maximum absolute atomic E-state index is 13.5. The van der Waals surface area contributed by atoms with Gasteiger partial charge >= 0.3 is 0 Å². The molecule has 0 amide bonds. The van der Waals surface area contributed by atoms with Crippen LogP contribution in [0.2, 0.25) is 5.02 Å². The highest BCUT2D eigenvalue weighted by atomic mass is 35.5. The Morgan fingerprint density at radius 3 is 2.87 bits per heavy atom. The molecule has 0 N–H and O–H groups in total. The molecule has 0 bridgehead atoms. The van der Waals surface area contributed by atoms with E-state index in [0.29, 0.717) is 12.0 Å². The third-order valence-corrected chi connectivity index (χ3v) is 3.07. The summed E-state index contributed by atoms with van der Waals surface area (Å²) in [5.74, 6) is -0.369. The van der Waals surface area contributed by atoms with Crippen molar-refractivity contribution in [3.8, 4) is 0 Å². The fourth-order valence-corrected chi connectivity index (χ4v) is 2.18. The standard InChI is InChI=1S/C10H8ClFN2S/c1-6-13-14-9(15-6)5-7-3-2-4-8(11)10(7)12/h2-4H,5H2,1H3. The number of aryl methyl sites for hydroxylation is 1. The number of hydrogen-bond donors (Lipinski definition) is 0. The van der Waals surface area contributed by atoms with Crippen molar-refractivity contribution in [1.29, 1.82) is 0 Å². The summed E-state index contributed by atoms with van der Waals surface area (Å²) in [6, 6.07) is 4.97. The smallest absolute Gasteiger partial charge is 0.145 e. The number of benzene rings is 1. The van der Waals surface area contributed by atoms with Crippen LogP contribution in [0.4, 0.5) is 4.39 Å². The molecule has 78 valence electrons. The van der Waals surface area contributed by atoms with Gasteiger partial charge in [-0.2, -0.15) is 0 Å². The van der Waals surface area contributed by atoms with Crippen molar-refractivity contribution in [3.63, 3.8) is 0 Å². The van der Waals surface area contributed by atoms with Gasteiger partial charge in [0, 0.05) is 6.42 Å². The molecule has 1 aromatic carbocycles. The molecule has 0 atom stereocenters. The van der Waals surface area contributed by atoms with E-state index >= 15 is 0 Å². The van der Waals surface area contributed by atoms with Crippen molar-refractivity contribution < 1.29 is 4.39 Å². The molecule has 0 spiro atoms. The lowest BCUT2D eigenvalue weighted by atomic mass is 10.1. The summed E-state index contributed by atoms with van der Waals surface area (Å²) in [7, 11) is 0. The molecule has 1 aromatic heterocycles. The molecule has 1 heterocycles. The van der Waals surface area contributed by atoms with E-state index in [-0.39, 0.29) is 10.8 Å². The fraction of sp³-hybridized carbons (Fsp3) is 0.200. The molecular weight excluding hydrogens is 235 g/mol. The van der Waals surface area contributed by atoms with Gasteiger partial charge in [-0.1, -0.05) is 23.7 Å². The van der Waals surface area contributed by atoms with Crippen LogP contribution in [0.15, 0.2) is 18.2 Å². The van der Waals surface area contributed by atoms with Crippen LogP contribution in [0.1, 0.15) is 15.6 Å². The molecule has 2 aromatic rings. The average Bonchev–Trinajstić information content (AvgIpc) is 2.59. The zero-order valence-corrected chi connectivity index (χ0v) is 9.57. The largest absolute Gasteiger partial charge is 0.205 e. The third-order valence-electron chi connectivity index (χ3n) is 1.94. The van der Waals surface area contributed by atoms with Crippen LogP contribution in [-0.4, -0.2) is 10.2 Å². The van der Waals surface area contributed by atoms with Crippen LogP contribution in [0.5, 0.6) is 0 Å². The zero-order valence-electron chi connectivity index (χ0n) is 8.00. The van der Waals surface area contributed by atoms with Crippen LogP contribution >= 0.6 is 22.9 Å². The topological polar surface area (TPSA) is 25.8 Å². The van der Waals surface area contributed by atoms with Gasteiger partial charge < -0.3 is 0 Å². The molecule has 0 aliphatic rings. The monoisotopic (exact) mass is 242 g/mol. The van der Waals surface area contributed by atoms with Crippen molar-refractivity contribution in [2.75, 3.05) is 0 Å². The SMILES string of the molecule is Cc1nnc(Cc2cccc(Cl)c2F)s1. The van der Waals surface area contributed by atoms with E-state index in [9.17, 15) is 4.39 Å². The lowest BCUT2D eigenvalue weighted by molar-refractivity contribution is 0.614. The van der Waals surface area contributed by atoms with Crippen LogP contribution < -0.4 is 0 Å². The Labute approximate surface area is 95.7 Å². The van der Waals surface area contributed by atoms with E-state index in [1.165, 1.54) is 17.4 Å². The number of rotatable bonds is 2. The minimum absolute atomic E-state index is 0.147. The third kappa shape index (κ3) is 2.33. The van der Waals surface area contributed by atoms with Gasteiger partial charge in [-0.15, -0.1) is 21.5 Å². The highest BCUT2D eigenvalue weighted by Crippen LogP contribution is 2.21. The quantitative estimate of drug-likeness (QED) is 0.808. The number of halogens is 2. The van der Waals surface area contributed by atoms with Crippen molar-refractivity contribution in [2.24, 2.45) is 0 Å².